The summed E-state index contributed by atoms with van der Waals surface area (Å²) >= 11 is 0. The molecule has 2 aliphatic rings. The molecule has 0 saturated carbocycles. The monoisotopic (exact) mass is 378 g/mol. The van der Waals surface area contributed by atoms with Gasteiger partial charge in [-0.1, -0.05) is 24.3 Å². The van der Waals surface area contributed by atoms with Crippen LogP contribution >= 0.6 is 0 Å². The molecule has 28 heavy (non-hydrogen) atoms. The van der Waals surface area contributed by atoms with E-state index in [4.69, 9.17) is 0 Å². The lowest BCUT2D eigenvalue weighted by atomic mass is 9.99. The van der Waals surface area contributed by atoms with Crippen LogP contribution in [0.25, 0.3) is 0 Å². The highest BCUT2D eigenvalue weighted by molar-refractivity contribution is 5.94. The summed E-state index contributed by atoms with van der Waals surface area (Å²) in [6, 6.07) is 17.1. The summed E-state index contributed by atoms with van der Waals surface area (Å²) in [6.45, 7) is 5.76. The van der Waals surface area contributed by atoms with Gasteiger partial charge in [-0.3, -0.25) is 9.69 Å². The molecule has 0 aromatic heterocycles. The number of hydrogen-bond acceptors (Lipinski definition) is 4. The number of carbonyl (C=O) groups is 1. The second kappa shape index (κ2) is 8.33. The zero-order valence-corrected chi connectivity index (χ0v) is 16.9. The van der Waals surface area contributed by atoms with E-state index in [0.717, 1.165) is 44.7 Å². The summed E-state index contributed by atoms with van der Waals surface area (Å²) in [5, 5.41) is 3.11. The smallest absolute Gasteiger partial charge is 0.251 e. The summed E-state index contributed by atoms with van der Waals surface area (Å²) in [5.41, 5.74) is 4.76. The van der Waals surface area contributed by atoms with Crippen molar-refractivity contribution < 1.29 is 4.79 Å². The third-order valence-corrected chi connectivity index (χ3v) is 6.10. The molecular weight excluding hydrogens is 348 g/mol. The topological polar surface area (TPSA) is 38.8 Å². The third-order valence-electron chi connectivity index (χ3n) is 6.10. The van der Waals surface area contributed by atoms with Crippen LogP contribution in [0.4, 0.5) is 5.69 Å². The van der Waals surface area contributed by atoms with E-state index in [9.17, 15) is 4.79 Å². The number of nitrogens with zero attached hydrogens (tertiary/aromatic N) is 3. The van der Waals surface area contributed by atoms with Crippen LogP contribution in [0.2, 0.25) is 0 Å². The first-order chi connectivity index (χ1) is 13.6. The van der Waals surface area contributed by atoms with Gasteiger partial charge in [0.05, 0.1) is 0 Å². The molecule has 5 heteroatoms. The summed E-state index contributed by atoms with van der Waals surface area (Å²) in [6.07, 6.45) is 1.07. The Morgan fingerprint density at radius 1 is 1.00 bits per heavy atom. The number of fused-ring (bicyclic) bond motifs is 1. The van der Waals surface area contributed by atoms with Gasteiger partial charge >= 0.3 is 0 Å². The quantitative estimate of drug-likeness (QED) is 0.886. The van der Waals surface area contributed by atoms with Crippen LogP contribution in [0.1, 0.15) is 21.5 Å². The molecule has 1 amide bonds. The van der Waals surface area contributed by atoms with Crippen molar-refractivity contribution in [1.82, 2.24) is 15.1 Å². The van der Waals surface area contributed by atoms with Crippen LogP contribution in [0.3, 0.4) is 0 Å². The van der Waals surface area contributed by atoms with Crippen molar-refractivity contribution in [1.29, 1.82) is 0 Å². The number of rotatable bonds is 4. The maximum Gasteiger partial charge on any atom is 0.251 e. The second-order valence-corrected chi connectivity index (χ2v) is 8.09. The highest BCUT2D eigenvalue weighted by Gasteiger charge is 2.22. The largest absolute Gasteiger partial charge is 0.367 e. The minimum atomic E-state index is 0.0113. The molecule has 148 valence electrons. The van der Waals surface area contributed by atoms with E-state index in [1.54, 1.807) is 0 Å². The van der Waals surface area contributed by atoms with Gasteiger partial charge in [0, 0.05) is 56.6 Å². The lowest BCUT2D eigenvalue weighted by Gasteiger charge is -2.37. The Morgan fingerprint density at radius 3 is 2.54 bits per heavy atom. The number of likely N-dealkylation sites (N-methyl/N-ethyl adjacent to an activating group) is 2. The maximum absolute atomic E-state index is 12.6. The first kappa shape index (κ1) is 19.0. The van der Waals surface area contributed by atoms with Gasteiger partial charge in [-0.05, 0) is 55.9 Å². The Morgan fingerprint density at radius 2 is 1.75 bits per heavy atom. The second-order valence-electron chi connectivity index (χ2n) is 8.09. The number of anilines is 1. The fraction of sp³-hybridized carbons (Fsp3) is 0.435. The van der Waals surface area contributed by atoms with E-state index in [1.807, 2.05) is 12.1 Å². The van der Waals surface area contributed by atoms with Crippen LogP contribution < -0.4 is 10.2 Å². The predicted molar refractivity (Wildman–Crippen MR) is 114 cm³/mol. The van der Waals surface area contributed by atoms with Gasteiger partial charge in [0.2, 0.25) is 0 Å². The average molecular weight is 379 g/mol. The Balaban J connectivity index is 1.35. The number of piperazine rings is 1. The molecule has 5 nitrogen and oxygen atoms in total. The molecule has 4 rings (SSSR count). The first-order valence-corrected chi connectivity index (χ1v) is 10.2. The molecule has 1 N–H and O–H groups in total. The normalized spacial score (nSPS) is 20.6. The summed E-state index contributed by atoms with van der Waals surface area (Å²) < 4.78 is 0. The fourth-order valence-electron chi connectivity index (χ4n) is 4.17. The molecule has 0 bridgehead atoms. The summed E-state index contributed by atoms with van der Waals surface area (Å²) in [7, 11) is 4.27. The van der Waals surface area contributed by atoms with Crippen LogP contribution in [0.5, 0.6) is 0 Å². The molecule has 0 aliphatic carbocycles. The van der Waals surface area contributed by atoms with Crippen molar-refractivity contribution in [3.05, 3.63) is 65.2 Å². The van der Waals surface area contributed by atoms with Gasteiger partial charge < -0.3 is 15.1 Å². The zero-order valence-electron chi connectivity index (χ0n) is 16.9. The SMILES string of the molecule is CN1CCN(C)C(CNC(=O)c2ccc(N3CCc4ccccc4C3)cc2)C1. The number of nitrogens with one attached hydrogen (secondary N) is 1. The molecule has 1 unspecified atom stereocenters. The molecule has 2 aliphatic heterocycles. The number of amides is 1. The van der Waals surface area contributed by atoms with Crippen molar-refractivity contribution in [2.75, 3.05) is 51.7 Å². The summed E-state index contributed by atoms with van der Waals surface area (Å²) in [4.78, 5) is 19.6. The van der Waals surface area contributed by atoms with E-state index < -0.39 is 0 Å². The number of benzene rings is 2. The number of hydrogen-bond donors (Lipinski definition) is 1. The Kier molecular flexibility index (Phi) is 5.64. The van der Waals surface area contributed by atoms with Gasteiger partial charge in [-0.15, -0.1) is 0 Å². The molecule has 2 heterocycles. The van der Waals surface area contributed by atoms with Crippen molar-refractivity contribution >= 4 is 11.6 Å². The number of carbonyl (C=O) groups excluding carboxylic acids is 1. The van der Waals surface area contributed by atoms with Gasteiger partial charge in [0.15, 0.2) is 0 Å². The lowest BCUT2D eigenvalue weighted by Crippen LogP contribution is -2.54. The Bertz CT molecular complexity index is 820. The molecule has 2 aromatic carbocycles. The Labute approximate surface area is 167 Å². The lowest BCUT2D eigenvalue weighted by molar-refractivity contribution is 0.0881. The fourth-order valence-corrected chi connectivity index (χ4v) is 4.17. The minimum absolute atomic E-state index is 0.0113. The molecule has 1 atom stereocenters. The van der Waals surface area contributed by atoms with Crippen molar-refractivity contribution in [2.24, 2.45) is 0 Å². The van der Waals surface area contributed by atoms with E-state index in [2.05, 4.69) is 70.5 Å². The molecule has 2 aromatic rings. The third kappa shape index (κ3) is 4.21. The highest BCUT2D eigenvalue weighted by atomic mass is 16.1. The van der Waals surface area contributed by atoms with Crippen LogP contribution in [-0.4, -0.2) is 68.6 Å². The molecule has 0 radical (unpaired) electrons. The molecule has 1 saturated heterocycles. The van der Waals surface area contributed by atoms with E-state index >= 15 is 0 Å². The van der Waals surface area contributed by atoms with Crippen LogP contribution in [0.15, 0.2) is 48.5 Å². The molecule has 1 fully saturated rings. The summed E-state index contributed by atoms with van der Waals surface area (Å²) in [5.74, 6) is 0.0113. The molecule has 0 spiro atoms. The van der Waals surface area contributed by atoms with Gasteiger partial charge in [-0.25, -0.2) is 0 Å². The van der Waals surface area contributed by atoms with E-state index in [0.29, 0.717) is 12.6 Å². The zero-order chi connectivity index (χ0) is 19.5. The van der Waals surface area contributed by atoms with Crippen LogP contribution in [-0.2, 0) is 13.0 Å². The van der Waals surface area contributed by atoms with E-state index in [1.165, 1.54) is 16.8 Å². The minimum Gasteiger partial charge on any atom is -0.367 e. The Hall–Kier alpha value is -2.37. The standard InChI is InChI=1S/C23H30N4O/c1-25-13-14-26(2)22(17-25)15-24-23(28)19-7-9-21(10-8-19)27-12-11-18-5-3-4-6-20(18)16-27/h3-10,22H,11-17H2,1-2H3,(H,24,28). The van der Waals surface area contributed by atoms with Gasteiger partial charge in [0.25, 0.3) is 5.91 Å². The molecular formula is C23H30N4O. The maximum atomic E-state index is 12.6. The van der Waals surface area contributed by atoms with Gasteiger partial charge in [0.1, 0.15) is 0 Å². The highest BCUT2D eigenvalue weighted by Crippen LogP contribution is 2.24. The van der Waals surface area contributed by atoms with Crippen LogP contribution in [0, 0.1) is 0 Å². The van der Waals surface area contributed by atoms with Gasteiger partial charge in [-0.2, -0.15) is 0 Å². The first-order valence-electron chi connectivity index (χ1n) is 10.2. The van der Waals surface area contributed by atoms with Crippen molar-refractivity contribution in [2.45, 2.75) is 19.0 Å². The van der Waals surface area contributed by atoms with E-state index in [-0.39, 0.29) is 5.91 Å². The van der Waals surface area contributed by atoms with Crippen molar-refractivity contribution in [3.63, 3.8) is 0 Å². The van der Waals surface area contributed by atoms with Crippen molar-refractivity contribution in [3.8, 4) is 0 Å². The predicted octanol–water partition coefficient (Wildman–Crippen LogP) is 2.22. The average Bonchev–Trinajstić information content (AvgIpc) is 2.74.